The number of ether oxygens (including phenoxy) is 2. The van der Waals surface area contributed by atoms with E-state index in [4.69, 9.17) is 15.2 Å². The van der Waals surface area contributed by atoms with E-state index in [1.807, 2.05) is 0 Å². The van der Waals surface area contributed by atoms with Gasteiger partial charge in [0, 0.05) is 26.8 Å². The summed E-state index contributed by atoms with van der Waals surface area (Å²) in [6.07, 6.45) is 1.07. The Morgan fingerprint density at radius 2 is 1.88 bits per heavy atom. The first-order chi connectivity index (χ1) is 8.05. The van der Waals surface area contributed by atoms with Gasteiger partial charge in [0.1, 0.15) is 0 Å². The molecule has 0 atom stereocenters. The third-order valence-electron chi connectivity index (χ3n) is 2.85. The molecule has 0 saturated carbocycles. The predicted octanol–water partition coefficient (Wildman–Crippen LogP) is 1.35. The standard InChI is InChI=1S/C13H30N2O2/c1-5-15(12-13(2,3)11-14)7-6-8-17-10-9-16-4/h5-12,14H2,1-4H3. The summed E-state index contributed by atoms with van der Waals surface area (Å²) in [7, 11) is 1.69. The van der Waals surface area contributed by atoms with Crippen LogP contribution in [0.15, 0.2) is 0 Å². The van der Waals surface area contributed by atoms with Crippen LogP contribution in [0.3, 0.4) is 0 Å². The van der Waals surface area contributed by atoms with Crippen molar-refractivity contribution in [3.8, 4) is 0 Å². The molecule has 4 nitrogen and oxygen atoms in total. The van der Waals surface area contributed by atoms with Gasteiger partial charge < -0.3 is 20.1 Å². The maximum Gasteiger partial charge on any atom is 0.0700 e. The molecule has 0 amide bonds. The molecular weight excluding hydrogens is 216 g/mol. The Morgan fingerprint density at radius 1 is 1.18 bits per heavy atom. The van der Waals surface area contributed by atoms with E-state index in [0.29, 0.717) is 13.2 Å². The molecule has 0 aliphatic rings. The third kappa shape index (κ3) is 9.53. The maximum absolute atomic E-state index is 5.75. The quantitative estimate of drug-likeness (QED) is 0.559. The third-order valence-corrected chi connectivity index (χ3v) is 2.85. The molecule has 0 aromatic rings. The molecule has 2 N–H and O–H groups in total. The van der Waals surface area contributed by atoms with Crippen molar-refractivity contribution in [3.05, 3.63) is 0 Å². The first-order valence-electron chi connectivity index (χ1n) is 6.55. The van der Waals surface area contributed by atoms with Crippen LogP contribution in [-0.2, 0) is 9.47 Å². The molecule has 0 bridgehead atoms. The highest BCUT2D eigenvalue weighted by Crippen LogP contribution is 2.14. The number of methoxy groups -OCH3 is 1. The van der Waals surface area contributed by atoms with Crippen molar-refractivity contribution in [3.63, 3.8) is 0 Å². The van der Waals surface area contributed by atoms with Crippen molar-refractivity contribution in [2.45, 2.75) is 27.2 Å². The predicted molar refractivity (Wildman–Crippen MR) is 72.3 cm³/mol. The Bertz CT molecular complexity index is 175. The molecule has 0 aromatic heterocycles. The number of rotatable bonds is 11. The summed E-state index contributed by atoms with van der Waals surface area (Å²) >= 11 is 0. The topological polar surface area (TPSA) is 47.7 Å². The zero-order valence-corrected chi connectivity index (χ0v) is 12.0. The highest BCUT2D eigenvalue weighted by atomic mass is 16.5. The highest BCUT2D eigenvalue weighted by Gasteiger charge is 2.18. The van der Waals surface area contributed by atoms with E-state index in [1.165, 1.54) is 0 Å². The molecule has 0 spiro atoms. The summed E-state index contributed by atoms with van der Waals surface area (Å²) in [5, 5.41) is 0. The Balaban J connectivity index is 3.61. The van der Waals surface area contributed by atoms with E-state index in [0.717, 1.165) is 39.2 Å². The summed E-state index contributed by atoms with van der Waals surface area (Å²) in [4.78, 5) is 2.44. The molecule has 0 aliphatic carbocycles. The number of hydrogen-bond donors (Lipinski definition) is 1. The zero-order valence-electron chi connectivity index (χ0n) is 12.0. The minimum absolute atomic E-state index is 0.201. The molecule has 0 unspecified atom stereocenters. The van der Waals surface area contributed by atoms with Crippen LogP contribution in [0.25, 0.3) is 0 Å². The lowest BCUT2D eigenvalue weighted by molar-refractivity contribution is 0.0635. The van der Waals surface area contributed by atoms with E-state index < -0.39 is 0 Å². The number of hydrogen-bond acceptors (Lipinski definition) is 4. The van der Waals surface area contributed by atoms with E-state index >= 15 is 0 Å². The lowest BCUT2D eigenvalue weighted by Crippen LogP contribution is -2.39. The van der Waals surface area contributed by atoms with Gasteiger partial charge in [0.25, 0.3) is 0 Å². The van der Waals surface area contributed by atoms with E-state index in [9.17, 15) is 0 Å². The van der Waals surface area contributed by atoms with Crippen LogP contribution in [0.5, 0.6) is 0 Å². The maximum atomic E-state index is 5.75. The van der Waals surface area contributed by atoms with Crippen LogP contribution in [0, 0.1) is 5.41 Å². The van der Waals surface area contributed by atoms with Gasteiger partial charge in [-0.2, -0.15) is 0 Å². The van der Waals surface area contributed by atoms with Gasteiger partial charge in [-0.15, -0.1) is 0 Å². The van der Waals surface area contributed by atoms with Gasteiger partial charge in [0.2, 0.25) is 0 Å². The van der Waals surface area contributed by atoms with Crippen LogP contribution >= 0.6 is 0 Å². The average molecular weight is 246 g/mol. The summed E-state index contributed by atoms with van der Waals surface area (Å²) < 4.78 is 10.4. The monoisotopic (exact) mass is 246 g/mol. The van der Waals surface area contributed by atoms with Gasteiger partial charge in [-0.3, -0.25) is 0 Å². The molecule has 17 heavy (non-hydrogen) atoms. The summed E-state index contributed by atoms with van der Waals surface area (Å²) in [6, 6.07) is 0. The highest BCUT2D eigenvalue weighted by molar-refractivity contribution is 4.74. The first-order valence-corrected chi connectivity index (χ1v) is 6.55. The van der Waals surface area contributed by atoms with Gasteiger partial charge in [-0.05, 0) is 24.9 Å². The molecule has 0 heterocycles. The van der Waals surface area contributed by atoms with Crippen molar-refractivity contribution < 1.29 is 9.47 Å². The normalized spacial score (nSPS) is 12.4. The number of nitrogens with zero attached hydrogens (tertiary/aromatic N) is 1. The van der Waals surface area contributed by atoms with Gasteiger partial charge in [0.15, 0.2) is 0 Å². The van der Waals surface area contributed by atoms with Crippen molar-refractivity contribution in [2.24, 2.45) is 11.1 Å². The average Bonchev–Trinajstić information content (AvgIpc) is 2.32. The van der Waals surface area contributed by atoms with Gasteiger partial charge in [-0.1, -0.05) is 20.8 Å². The van der Waals surface area contributed by atoms with Crippen molar-refractivity contribution in [1.29, 1.82) is 0 Å². The molecule has 0 fully saturated rings. The fourth-order valence-corrected chi connectivity index (χ4v) is 1.65. The second kappa shape index (κ2) is 9.83. The Hall–Kier alpha value is -0.160. The fraction of sp³-hybridized carbons (Fsp3) is 1.00. The molecule has 0 rings (SSSR count). The molecule has 0 aliphatic heterocycles. The zero-order chi connectivity index (χ0) is 13.1. The van der Waals surface area contributed by atoms with Crippen LogP contribution in [0.1, 0.15) is 27.2 Å². The lowest BCUT2D eigenvalue weighted by Gasteiger charge is -2.31. The molecule has 4 heteroatoms. The molecule has 104 valence electrons. The van der Waals surface area contributed by atoms with Crippen LogP contribution in [0.4, 0.5) is 0 Å². The van der Waals surface area contributed by atoms with Crippen LogP contribution in [0.2, 0.25) is 0 Å². The Kier molecular flexibility index (Phi) is 9.74. The first kappa shape index (κ1) is 16.8. The second-order valence-electron chi connectivity index (χ2n) is 5.20. The summed E-state index contributed by atoms with van der Waals surface area (Å²) in [6.45, 7) is 12.7. The van der Waals surface area contributed by atoms with Gasteiger partial charge in [-0.25, -0.2) is 0 Å². The minimum Gasteiger partial charge on any atom is -0.382 e. The lowest BCUT2D eigenvalue weighted by atomic mass is 9.93. The largest absolute Gasteiger partial charge is 0.382 e. The molecule has 0 radical (unpaired) electrons. The minimum atomic E-state index is 0.201. The van der Waals surface area contributed by atoms with Crippen molar-refractivity contribution in [2.75, 3.05) is 53.1 Å². The fourth-order valence-electron chi connectivity index (χ4n) is 1.65. The molecular formula is C13H30N2O2. The van der Waals surface area contributed by atoms with E-state index in [2.05, 4.69) is 25.7 Å². The van der Waals surface area contributed by atoms with Gasteiger partial charge >= 0.3 is 0 Å². The molecule has 0 saturated heterocycles. The summed E-state index contributed by atoms with van der Waals surface area (Å²) in [5.41, 5.74) is 5.96. The SMILES string of the molecule is CCN(CCCOCCOC)CC(C)(C)CN. The van der Waals surface area contributed by atoms with Gasteiger partial charge in [0.05, 0.1) is 13.2 Å². The van der Waals surface area contributed by atoms with Crippen molar-refractivity contribution >= 4 is 0 Å². The second-order valence-corrected chi connectivity index (χ2v) is 5.20. The van der Waals surface area contributed by atoms with Crippen molar-refractivity contribution in [1.82, 2.24) is 4.90 Å². The molecule has 0 aromatic carbocycles. The number of nitrogens with two attached hydrogens (primary N) is 1. The Morgan fingerprint density at radius 3 is 2.41 bits per heavy atom. The van der Waals surface area contributed by atoms with E-state index in [1.54, 1.807) is 7.11 Å². The van der Waals surface area contributed by atoms with Crippen LogP contribution < -0.4 is 5.73 Å². The summed E-state index contributed by atoms with van der Waals surface area (Å²) in [5.74, 6) is 0. The smallest absolute Gasteiger partial charge is 0.0700 e. The Labute approximate surface area is 106 Å². The van der Waals surface area contributed by atoms with Crippen LogP contribution in [-0.4, -0.2) is 58.0 Å². The van der Waals surface area contributed by atoms with E-state index in [-0.39, 0.29) is 5.41 Å².